The number of nitrogens with zero attached hydrogens (tertiary/aromatic N) is 2. The van der Waals surface area contributed by atoms with Crippen molar-refractivity contribution in [3.05, 3.63) is 36.3 Å². The number of imidazole rings is 1. The van der Waals surface area contributed by atoms with Crippen molar-refractivity contribution < 1.29 is 0 Å². The summed E-state index contributed by atoms with van der Waals surface area (Å²) in [5, 5.41) is 0. The van der Waals surface area contributed by atoms with E-state index in [1.165, 1.54) is 0 Å². The Morgan fingerprint density at radius 3 is 3.27 bits per heavy atom. The molecule has 2 aromatic heterocycles. The number of hydrogen-bond donors (Lipinski definition) is 0. The molecular weight excluding hydrogens is 136 g/mol. The first-order valence-electron chi connectivity index (χ1n) is 3.74. The normalized spacial score (nSPS) is 10.6. The standard InChI is InChI=1S/C9H9N2/c1-2-8-7-11-6-4-3-5-9(11)10-8/h3-4,6-7H,2H2,1H3. The number of rotatable bonds is 1. The Morgan fingerprint density at radius 1 is 1.64 bits per heavy atom. The number of aryl methyl sites for hydroxylation is 1. The van der Waals surface area contributed by atoms with Crippen molar-refractivity contribution in [1.29, 1.82) is 0 Å². The van der Waals surface area contributed by atoms with Crippen molar-refractivity contribution in [2.45, 2.75) is 13.3 Å². The maximum atomic E-state index is 4.34. The van der Waals surface area contributed by atoms with Crippen molar-refractivity contribution in [2.75, 3.05) is 0 Å². The second-order valence-electron chi connectivity index (χ2n) is 2.47. The Morgan fingerprint density at radius 2 is 2.55 bits per heavy atom. The maximum Gasteiger partial charge on any atom is 0.145 e. The van der Waals surface area contributed by atoms with Crippen molar-refractivity contribution in [3.63, 3.8) is 0 Å². The van der Waals surface area contributed by atoms with Crippen molar-refractivity contribution in [1.82, 2.24) is 9.38 Å². The van der Waals surface area contributed by atoms with Crippen molar-refractivity contribution >= 4 is 5.65 Å². The fraction of sp³-hybridized carbons (Fsp3) is 0.222. The van der Waals surface area contributed by atoms with Crippen LogP contribution >= 0.6 is 0 Å². The monoisotopic (exact) mass is 145 g/mol. The highest BCUT2D eigenvalue weighted by molar-refractivity contribution is 5.37. The molecule has 0 N–H and O–H groups in total. The van der Waals surface area contributed by atoms with Crippen LogP contribution in [0.4, 0.5) is 0 Å². The summed E-state index contributed by atoms with van der Waals surface area (Å²) in [6, 6.07) is 6.89. The number of pyridine rings is 1. The predicted molar refractivity (Wildman–Crippen MR) is 43.4 cm³/mol. The maximum absolute atomic E-state index is 4.34. The largest absolute Gasteiger partial charge is 0.306 e. The van der Waals surface area contributed by atoms with Crippen LogP contribution in [0.2, 0.25) is 0 Å². The first-order valence-corrected chi connectivity index (χ1v) is 3.74. The van der Waals surface area contributed by atoms with Gasteiger partial charge in [-0.3, -0.25) is 0 Å². The summed E-state index contributed by atoms with van der Waals surface area (Å²) in [7, 11) is 0. The zero-order valence-electron chi connectivity index (χ0n) is 6.41. The fourth-order valence-corrected chi connectivity index (χ4v) is 1.09. The van der Waals surface area contributed by atoms with Gasteiger partial charge in [-0.25, -0.2) is 4.98 Å². The molecule has 2 aromatic rings. The van der Waals surface area contributed by atoms with Gasteiger partial charge < -0.3 is 4.40 Å². The molecule has 0 aliphatic rings. The quantitative estimate of drug-likeness (QED) is 0.597. The molecule has 0 aliphatic heterocycles. The first kappa shape index (κ1) is 6.40. The van der Waals surface area contributed by atoms with Crippen LogP contribution in [0.25, 0.3) is 5.65 Å². The first-order chi connectivity index (χ1) is 5.40. The van der Waals surface area contributed by atoms with Crippen LogP contribution < -0.4 is 0 Å². The third-order valence-corrected chi connectivity index (χ3v) is 1.70. The fourth-order valence-electron chi connectivity index (χ4n) is 1.09. The van der Waals surface area contributed by atoms with E-state index in [2.05, 4.69) is 18.0 Å². The Kier molecular flexibility index (Phi) is 1.39. The molecule has 0 saturated carbocycles. The molecule has 2 nitrogen and oxygen atoms in total. The van der Waals surface area contributed by atoms with Crippen LogP contribution in [-0.4, -0.2) is 9.38 Å². The van der Waals surface area contributed by atoms with Gasteiger partial charge in [0.1, 0.15) is 5.65 Å². The topological polar surface area (TPSA) is 17.3 Å². The lowest BCUT2D eigenvalue weighted by Gasteiger charge is -1.86. The molecule has 0 unspecified atom stereocenters. The van der Waals surface area contributed by atoms with E-state index in [0.717, 1.165) is 17.8 Å². The summed E-state index contributed by atoms with van der Waals surface area (Å²) >= 11 is 0. The van der Waals surface area contributed by atoms with Gasteiger partial charge in [-0.2, -0.15) is 0 Å². The molecule has 2 heterocycles. The van der Waals surface area contributed by atoms with Crippen LogP contribution in [0, 0.1) is 6.07 Å². The van der Waals surface area contributed by atoms with E-state index < -0.39 is 0 Å². The molecule has 0 amide bonds. The van der Waals surface area contributed by atoms with Crippen LogP contribution in [0.15, 0.2) is 24.5 Å². The minimum atomic E-state index is 0.907. The van der Waals surface area contributed by atoms with Gasteiger partial charge >= 0.3 is 0 Å². The summed E-state index contributed by atoms with van der Waals surface area (Å²) in [4.78, 5) is 4.34. The zero-order chi connectivity index (χ0) is 7.68. The summed E-state index contributed by atoms with van der Waals surface area (Å²) < 4.78 is 1.98. The molecular formula is C9H9N2. The minimum Gasteiger partial charge on any atom is -0.306 e. The van der Waals surface area contributed by atoms with E-state index in [1.807, 2.05) is 28.9 Å². The van der Waals surface area contributed by atoms with Gasteiger partial charge in [0.05, 0.1) is 5.69 Å². The molecule has 0 saturated heterocycles. The Bertz CT molecular complexity index is 329. The van der Waals surface area contributed by atoms with E-state index in [1.54, 1.807) is 0 Å². The van der Waals surface area contributed by atoms with E-state index in [0.29, 0.717) is 0 Å². The Hall–Kier alpha value is -1.31. The summed E-state index contributed by atoms with van der Waals surface area (Å²) in [6.07, 6.45) is 5.00. The highest BCUT2D eigenvalue weighted by Crippen LogP contribution is 2.03. The van der Waals surface area contributed by atoms with E-state index >= 15 is 0 Å². The highest BCUT2D eigenvalue weighted by atomic mass is 15.0. The minimum absolute atomic E-state index is 0.907. The van der Waals surface area contributed by atoms with Crippen LogP contribution in [-0.2, 0) is 6.42 Å². The van der Waals surface area contributed by atoms with Crippen molar-refractivity contribution in [3.8, 4) is 0 Å². The average Bonchev–Trinajstić information content (AvgIpc) is 2.46. The summed E-state index contributed by atoms with van der Waals surface area (Å²) in [5.41, 5.74) is 2.02. The molecule has 11 heavy (non-hydrogen) atoms. The lowest BCUT2D eigenvalue weighted by Crippen LogP contribution is -1.78. The SMILES string of the molecule is CCc1cn2ccc[c]c2n1. The molecule has 0 atom stereocenters. The zero-order valence-corrected chi connectivity index (χ0v) is 6.41. The van der Waals surface area contributed by atoms with E-state index in [4.69, 9.17) is 0 Å². The lowest BCUT2D eigenvalue weighted by atomic mass is 10.4. The smallest absolute Gasteiger partial charge is 0.145 e. The number of aromatic nitrogens is 2. The third kappa shape index (κ3) is 1.00. The van der Waals surface area contributed by atoms with Gasteiger partial charge in [0.15, 0.2) is 0 Å². The van der Waals surface area contributed by atoms with Gasteiger partial charge in [-0.1, -0.05) is 6.92 Å². The van der Waals surface area contributed by atoms with Crippen LogP contribution in [0.1, 0.15) is 12.6 Å². The van der Waals surface area contributed by atoms with Gasteiger partial charge in [-0.05, 0) is 18.6 Å². The number of fused-ring (bicyclic) bond motifs is 1. The lowest BCUT2D eigenvalue weighted by molar-refractivity contribution is 1.07. The van der Waals surface area contributed by atoms with Gasteiger partial charge in [0.2, 0.25) is 0 Å². The molecule has 0 aliphatic carbocycles. The molecule has 0 fully saturated rings. The molecule has 55 valence electrons. The molecule has 0 aromatic carbocycles. The van der Waals surface area contributed by atoms with Crippen LogP contribution in [0.5, 0.6) is 0 Å². The second kappa shape index (κ2) is 2.38. The molecule has 1 radical (unpaired) electrons. The van der Waals surface area contributed by atoms with Gasteiger partial charge in [0, 0.05) is 18.5 Å². The van der Waals surface area contributed by atoms with Gasteiger partial charge in [-0.15, -0.1) is 0 Å². The molecule has 0 bridgehead atoms. The molecule has 0 spiro atoms. The third-order valence-electron chi connectivity index (χ3n) is 1.70. The highest BCUT2D eigenvalue weighted by Gasteiger charge is 1.96. The van der Waals surface area contributed by atoms with E-state index in [-0.39, 0.29) is 0 Å². The average molecular weight is 145 g/mol. The Labute approximate surface area is 65.5 Å². The predicted octanol–water partition coefficient (Wildman–Crippen LogP) is 1.70. The Balaban J connectivity index is 2.69. The van der Waals surface area contributed by atoms with E-state index in [9.17, 15) is 0 Å². The molecule has 2 rings (SSSR count). The van der Waals surface area contributed by atoms with Crippen molar-refractivity contribution in [2.24, 2.45) is 0 Å². The molecule has 2 heteroatoms. The number of hydrogen-bond acceptors (Lipinski definition) is 1. The van der Waals surface area contributed by atoms with Crippen LogP contribution in [0.3, 0.4) is 0 Å². The summed E-state index contributed by atoms with van der Waals surface area (Å²) in [5.74, 6) is 0. The summed E-state index contributed by atoms with van der Waals surface area (Å²) in [6.45, 7) is 2.10. The second-order valence-corrected chi connectivity index (χ2v) is 2.47. The van der Waals surface area contributed by atoms with Gasteiger partial charge in [0.25, 0.3) is 0 Å².